The van der Waals surface area contributed by atoms with Crippen LogP contribution in [0.15, 0.2) is 24.3 Å². The molecule has 80 valence electrons. The molecule has 0 heterocycles. The predicted molar refractivity (Wildman–Crippen MR) is 59.1 cm³/mol. The van der Waals surface area contributed by atoms with Gasteiger partial charge in [0.2, 0.25) is 0 Å². The van der Waals surface area contributed by atoms with Crippen LogP contribution < -0.4 is 0 Å². The van der Waals surface area contributed by atoms with Crippen molar-refractivity contribution in [3.05, 3.63) is 34.9 Å². The number of halogens is 1. The molecule has 0 aliphatic heterocycles. The van der Waals surface area contributed by atoms with Crippen LogP contribution in [-0.4, -0.2) is 17.0 Å². The van der Waals surface area contributed by atoms with Gasteiger partial charge in [0.15, 0.2) is 5.78 Å². The number of aliphatic hydroxyl groups is 1. The van der Waals surface area contributed by atoms with Crippen LogP contribution in [0, 0.1) is 0 Å². The number of rotatable bonds is 1. The lowest BCUT2D eigenvalue weighted by Crippen LogP contribution is -2.31. The third-order valence-corrected chi connectivity index (χ3v) is 3.27. The maximum Gasteiger partial charge on any atom is 0.168 e. The summed E-state index contributed by atoms with van der Waals surface area (Å²) in [5.41, 5.74) is 0.850. The van der Waals surface area contributed by atoms with Crippen LogP contribution in [0.4, 0.5) is 0 Å². The monoisotopic (exact) mass is 224 g/mol. The quantitative estimate of drug-likeness (QED) is 0.796. The SMILES string of the molecule is O=C1C(c2ccccc2Cl)CCC[C@H]1O. The molecule has 0 bridgehead atoms. The molecule has 3 heteroatoms. The fourth-order valence-corrected chi connectivity index (χ4v) is 2.37. The lowest BCUT2D eigenvalue weighted by molar-refractivity contribution is -0.131. The molecule has 1 aliphatic rings. The molecule has 1 fully saturated rings. The number of hydrogen-bond donors (Lipinski definition) is 1. The molecule has 1 saturated carbocycles. The first-order valence-corrected chi connectivity index (χ1v) is 5.54. The Balaban J connectivity index is 2.30. The van der Waals surface area contributed by atoms with Crippen molar-refractivity contribution in [1.29, 1.82) is 0 Å². The topological polar surface area (TPSA) is 37.3 Å². The van der Waals surface area contributed by atoms with Crippen LogP contribution in [0.5, 0.6) is 0 Å². The first-order valence-electron chi connectivity index (χ1n) is 5.16. The highest BCUT2D eigenvalue weighted by atomic mass is 35.5. The zero-order valence-corrected chi connectivity index (χ0v) is 9.07. The highest BCUT2D eigenvalue weighted by Crippen LogP contribution is 2.33. The van der Waals surface area contributed by atoms with Crippen molar-refractivity contribution in [2.75, 3.05) is 0 Å². The first kappa shape index (κ1) is 10.7. The van der Waals surface area contributed by atoms with Gasteiger partial charge in [0.05, 0.1) is 0 Å². The molecule has 0 saturated heterocycles. The van der Waals surface area contributed by atoms with Gasteiger partial charge in [0.1, 0.15) is 6.10 Å². The summed E-state index contributed by atoms with van der Waals surface area (Å²) in [5, 5.41) is 10.1. The summed E-state index contributed by atoms with van der Waals surface area (Å²) < 4.78 is 0. The van der Waals surface area contributed by atoms with Gasteiger partial charge in [0, 0.05) is 10.9 Å². The van der Waals surface area contributed by atoms with E-state index in [0.29, 0.717) is 11.4 Å². The number of carbonyl (C=O) groups is 1. The molecule has 1 unspecified atom stereocenters. The minimum absolute atomic E-state index is 0.0886. The highest BCUT2D eigenvalue weighted by molar-refractivity contribution is 6.31. The van der Waals surface area contributed by atoms with E-state index in [1.54, 1.807) is 6.07 Å². The van der Waals surface area contributed by atoms with Crippen molar-refractivity contribution >= 4 is 17.4 Å². The van der Waals surface area contributed by atoms with Crippen molar-refractivity contribution in [2.45, 2.75) is 31.3 Å². The summed E-state index contributed by atoms with van der Waals surface area (Å²) in [7, 11) is 0. The standard InChI is InChI=1S/C12H13ClO2/c13-10-6-2-1-4-8(10)9-5-3-7-11(14)12(9)15/h1-2,4,6,9,11,14H,3,5,7H2/t9?,11-/m1/s1. The van der Waals surface area contributed by atoms with Gasteiger partial charge in [-0.05, 0) is 30.9 Å². The van der Waals surface area contributed by atoms with Crippen molar-refractivity contribution in [2.24, 2.45) is 0 Å². The lowest BCUT2D eigenvalue weighted by Gasteiger charge is -2.25. The molecular weight excluding hydrogens is 212 g/mol. The van der Waals surface area contributed by atoms with E-state index in [0.717, 1.165) is 18.4 Å². The van der Waals surface area contributed by atoms with Crippen molar-refractivity contribution in [1.82, 2.24) is 0 Å². The fourth-order valence-electron chi connectivity index (χ4n) is 2.10. The van der Waals surface area contributed by atoms with Crippen LogP contribution in [0.3, 0.4) is 0 Å². The molecule has 15 heavy (non-hydrogen) atoms. The number of aliphatic hydroxyl groups excluding tert-OH is 1. The maximum atomic E-state index is 11.8. The second kappa shape index (κ2) is 4.33. The van der Waals surface area contributed by atoms with Gasteiger partial charge < -0.3 is 5.11 Å². The van der Waals surface area contributed by atoms with Crippen LogP contribution in [0.25, 0.3) is 0 Å². The Morgan fingerprint density at radius 3 is 2.73 bits per heavy atom. The molecule has 1 aliphatic carbocycles. The van der Waals surface area contributed by atoms with E-state index in [2.05, 4.69) is 0 Å². The third kappa shape index (κ3) is 2.06. The molecule has 2 atom stereocenters. The van der Waals surface area contributed by atoms with E-state index in [1.807, 2.05) is 18.2 Å². The zero-order valence-electron chi connectivity index (χ0n) is 8.32. The highest BCUT2D eigenvalue weighted by Gasteiger charge is 2.31. The average molecular weight is 225 g/mol. The van der Waals surface area contributed by atoms with Crippen molar-refractivity contribution in [3.63, 3.8) is 0 Å². The van der Waals surface area contributed by atoms with E-state index >= 15 is 0 Å². The zero-order chi connectivity index (χ0) is 10.8. The largest absolute Gasteiger partial charge is 0.385 e. The molecule has 2 rings (SSSR count). The molecule has 0 amide bonds. The summed E-state index contributed by atoms with van der Waals surface area (Å²) in [6, 6.07) is 7.36. The minimum Gasteiger partial charge on any atom is -0.385 e. The summed E-state index contributed by atoms with van der Waals surface area (Å²) in [6.45, 7) is 0. The molecule has 0 aromatic heterocycles. The van der Waals surface area contributed by atoms with E-state index in [9.17, 15) is 9.90 Å². The number of hydrogen-bond acceptors (Lipinski definition) is 2. The Labute approximate surface area is 93.9 Å². The van der Waals surface area contributed by atoms with Gasteiger partial charge in [-0.2, -0.15) is 0 Å². The van der Waals surface area contributed by atoms with Crippen molar-refractivity contribution < 1.29 is 9.90 Å². The van der Waals surface area contributed by atoms with Gasteiger partial charge in [-0.3, -0.25) is 4.79 Å². The molecule has 1 aromatic carbocycles. The van der Waals surface area contributed by atoms with Crippen LogP contribution in [-0.2, 0) is 4.79 Å². The van der Waals surface area contributed by atoms with Gasteiger partial charge in [-0.15, -0.1) is 0 Å². The van der Waals surface area contributed by atoms with Crippen LogP contribution in [0.2, 0.25) is 5.02 Å². The van der Waals surface area contributed by atoms with Gasteiger partial charge in [-0.1, -0.05) is 29.8 Å². The minimum atomic E-state index is -0.806. The normalized spacial score (nSPS) is 26.7. The molecule has 1 N–H and O–H groups in total. The van der Waals surface area contributed by atoms with E-state index in [-0.39, 0.29) is 11.7 Å². The fraction of sp³-hybridized carbons (Fsp3) is 0.417. The van der Waals surface area contributed by atoms with E-state index in [4.69, 9.17) is 11.6 Å². The van der Waals surface area contributed by atoms with E-state index in [1.165, 1.54) is 0 Å². The second-order valence-corrected chi connectivity index (χ2v) is 4.33. The number of ketones is 1. The number of Topliss-reactive ketones (excluding diaryl/α,β-unsaturated/α-hetero) is 1. The first-order chi connectivity index (χ1) is 7.20. The summed E-state index contributed by atoms with van der Waals surface area (Å²) in [6.07, 6.45) is 1.45. The molecule has 1 aromatic rings. The second-order valence-electron chi connectivity index (χ2n) is 3.92. The Hall–Kier alpha value is -0.860. The average Bonchev–Trinajstić information content (AvgIpc) is 2.23. The Morgan fingerprint density at radius 2 is 2.00 bits per heavy atom. The van der Waals surface area contributed by atoms with Gasteiger partial charge >= 0.3 is 0 Å². The predicted octanol–water partition coefficient (Wildman–Crippen LogP) is 2.54. The molecular formula is C12H13ClO2. The maximum absolute atomic E-state index is 11.8. The summed E-state index contributed by atoms with van der Waals surface area (Å²) >= 11 is 6.04. The molecule has 0 spiro atoms. The molecule has 0 radical (unpaired) electrons. The van der Waals surface area contributed by atoms with Gasteiger partial charge in [0.25, 0.3) is 0 Å². The number of benzene rings is 1. The smallest absolute Gasteiger partial charge is 0.168 e. The van der Waals surface area contributed by atoms with Crippen LogP contribution >= 0.6 is 11.6 Å². The summed E-state index contributed by atoms with van der Waals surface area (Å²) in [4.78, 5) is 11.8. The molecule has 2 nitrogen and oxygen atoms in total. The Bertz CT molecular complexity index is 376. The van der Waals surface area contributed by atoms with Crippen molar-refractivity contribution in [3.8, 4) is 0 Å². The van der Waals surface area contributed by atoms with Gasteiger partial charge in [-0.25, -0.2) is 0 Å². The Morgan fingerprint density at radius 1 is 1.27 bits per heavy atom. The third-order valence-electron chi connectivity index (χ3n) is 2.92. The number of carbonyl (C=O) groups excluding carboxylic acids is 1. The van der Waals surface area contributed by atoms with Crippen LogP contribution in [0.1, 0.15) is 30.7 Å². The van der Waals surface area contributed by atoms with E-state index < -0.39 is 6.10 Å². The lowest BCUT2D eigenvalue weighted by atomic mass is 9.81. The Kier molecular flexibility index (Phi) is 3.08. The summed E-state index contributed by atoms with van der Waals surface area (Å²) in [5.74, 6) is -0.309.